The number of hydrogen-bond acceptors (Lipinski definition) is 8. The van der Waals surface area contributed by atoms with Crippen molar-refractivity contribution in [3.63, 3.8) is 0 Å². The van der Waals surface area contributed by atoms with Crippen LogP contribution in [0.5, 0.6) is 11.5 Å². The summed E-state index contributed by atoms with van der Waals surface area (Å²) in [5.74, 6) is -1.78. The number of ketones is 1. The van der Waals surface area contributed by atoms with E-state index in [4.69, 9.17) is 14.2 Å². The van der Waals surface area contributed by atoms with Crippen LogP contribution in [0.2, 0.25) is 0 Å². The van der Waals surface area contributed by atoms with Crippen LogP contribution >= 0.6 is 0 Å². The van der Waals surface area contributed by atoms with E-state index in [2.05, 4.69) is 4.98 Å². The average Bonchev–Trinajstić information content (AvgIpc) is 3.27. The third-order valence-electron chi connectivity index (χ3n) is 6.12. The number of Topliss-reactive ketones (excluding diaryl/α,β-unsaturated/α-hetero) is 1. The molecule has 1 aliphatic heterocycles. The highest BCUT2D eigenvalue weighted by molar-refractivity contribution is 6.46. The summed E-state index contributed by atoms with van der Waals surface area (Å²) < 4.78 is 15.8. The Morgan fingerprint density at radius 3 is 2.40 bits per heavy atom. The van der Waals surface area contributed by atoms with E-state index in [1.54, 1.807) is 32.0 Å². The predicted molar refractivity (Wildman–Crippen MR) is 129 cm³/mol. The molecule has 2 aromatic rings. The van der Waals surface area contributed by atoms with Crippen LogP contribution in [0.3, 0.4) is 0 Å². The molecule has 1 atom stereocenters. The standard InChI is InChI=1S/C25H31N3O7/c1-13-17(14(2)26-19(13)25(32)35-7)21(29)18-20(15-9-8-10-16(33-5)23(15)34-6)28(12-11-27(3)4)24(31)22(18)30/h8-10,20,26,29H,11-12H2,1-7H3/b21-18+/t20-/m1/s1. The van der Waals surface area contributed by atoms with E-state index < -0.39 is 23.7 Å². The van der Waals surface area contributed by atoms with E-state index in [0.717, 1.165) is 0 Å². The molecule has 1 saturated heterocycles. The van der Waals surface area contributed by atoms with Crippen LogP contribution in [0, 0.1) is 13.8 Å². The van der Waals surface area contributed by atoms with E-state index in [9.17, 15) is 19.5 Å². The first-order chi connectivity index (χ1) is 16.6. The molecule has 188 valence electrons. The maximum atomic E-state index is 13.3. The molecule has 0 aliphatic carbocycles. The number of carbonyl (C=O) groups excluding carboxylic acids is 3. The lowest BCUT2D eigenvalue weighted by Gasteiger charge is -2.28. The van der Waals surface area contributed by atoms with Crippen molar-refractivity contribution in [2.75, 3.05) is 48.5 Å². The van der Waals surface area contributed by atoms with Gasteiger partial charge in [-0.3, -0.25) is 9.59 Å². The minimum Gasteiger partial charge on any atom is -0.507 e. The van der Waals surface area contributed by atoms with Gasteiger partial charge in [-0.2, -0.15) is 0 Å². The highest BCUT2D eigenvalue weighted by Crippen LogP contribution is 2.46. The second kappa shape index (κ2) is 10.2. The van der Waals surface area contributed by atoms with Crippen molar-refractivity contribution in [1.82, 2.24) is 14.8 Å². The van der Waals surface area contributed by atoms with Gasteiger partial charge < -0.3 is 34.1 Å². The van der Waals surface area contributed by atoms with Crippen LogP contribution in [-0.2, 0) is 14.3 Å². The lowest BCUT2D eigenvalue weighted by atomic mass is 9.93. The van der Waals surface area contributed by atoms with Crippen molar-refractivity contribution < 1.29 is 33.7 Å². The number of benzene rings is 1. The normalized spacial score (nSPS) is 17.3. The quantitative estimate of drug-likeness (QED) is 0.253. The molecule has 10 heteroatoms. The summed E-state index contributed by atoms with van der Waals surface area (Å²) in [4.78, 5) is 44.9. The molecule has 2 N–H and O–H groups in total. The number of nitrogens with one attached hydrogen (secondary N) is 1. The fourth-order valence-corrected chi connectivity index (χ4v) is 4.42. The Bertz CT molecular complexity index is 1200. The Labute approximate surface area is 204 Å². The van der Waals surface area contributed by atoms with E-state index in [0.29, 0.717) is 34.9 Å². The number of aliphatic hydroxyl groups excluding tert-OH is 1. The molecule has 0 unspecified atom stereocenters. The Hall–Kier alpha value is -3.79. The van der Waals surface area contributed by atoms with Gasteiger partial charge in [-0.15, -0.1) is 0 Å². The van der Waals surface area contributed by atoms with Gasteiger partial charge in [0.1, 0.15) is 11.5 Å². The van der Waals surface area contributed by atoms with Crippen molar-refractivity contribution in [2.24, 2.45) is 0 Å². The summed E-state index contributed by atoms with van der Waals surface area (Å²) in [5.41, 5.74) is 1.68. The number of amides is 1. The number of H-pyrrole nitrogens is 1. The lowest BCUT2D eigenvalue weighted by molar-refractivity contribution is -0.140. The topological polar surface area (TPSA) is 121 Å². The first-order valence-corrected chi connectivity index (χ1v) is 11.0. The lowest BCUT2D eigenvalue weighted by Crippen LogP contribution is -2.35. The highest BCUT2D eigenvalue weighted by atomic mass is 16.5. The average molecular weight is 486 g/mol. The Kier molecular flexibility index (Phi) is 7.54. The van der Waals surface area contributed by atoms with Crippen LogP contribution in [0.15, 0.2) is 23.8 Å². The Morgan fingerprint density at radius 2 is 1.83 bits per heavy atom. The maximum Gasteiger partial charge on any atom is 0.354 e. The zero-order valence-electron chi connectivity index (χ0n) is 21.0. The monoisotopic (exact) mass is 485 g/mol. The fourth-order valence-electron chi connectivity index (χ4n) is 4.42. The minimum atomic E-state index is -0.935. The van der Waals surface area contributed by atoms with E-state index >= 15 is 0 Å². The number of para-hydroxylation sites is 1. The summed E-state index contributed by atoms with van der Waals surface area (Å²) in [6.45, 7) is 4.02. The second-order valence-electron chi connectivity index (χ2n) is 8.50. The van der Waals surface area contributed by atoms with Crippen LogP contribution in [0.25, 0.3) is 5.76 Å². The molecule has 0 spiro atoms. The van der Waals surface area contributed by atoms with Crippen molar-refractivity contribution >= 4 is 23.4 Å². The highest BCUT2D eigenvalue weighted by Gasteiger charge is 2.47. The first-order valence-electron chi connectivity index (χ1n) is 11.0. The van der Waals surface area contributed by atoms with Crippen LogP contribution < -0.4 is 9.47 Å². The van der Waals surface area contributed by atoms with Gasteiger partial charge in [0.05, 0.1) is 32.9 Å². The molecule has 2 heterocycles. The molecule has 0 bridgehead atoms. The summed E-state index contributed by atoms with van der Waals surface area (Å²) in [7, 11) is 7.93. The Balaban J connectivity index is 2.31. The third-order valence-corrected chi connectivity index (χ3v) is 6.12. The summed E-state index contributed by atoms with van der Waals surface area (Å²) in [6.07, 6.45) is 0. The van der Waals surface area contributed by atoms with Crippen molar-refractivity contribution in [1.29, 1.82) is 0 Å². The van der Waals surface area contributed by atoms with Gasteiger partial charge in [0.15, 0.2) is 11.5 Å². The van der Waals surface area contributed by atoms with Gasteiger partial charge in [0.2, 0.25) is 0 Å². The molecule has 1 aliphatic rings. The maximum absolute atomic E-state index is 13.3. The van der Waals surface area contributed by atoms with Crippen molar-refractivity contribution in [3.8, 4) is 11.5 Å². The smallest absolute Gasteiger partial charge is 0.354 e. The number of rotatable bonds is 8. The fraction of sp³-hybridized carbons (Fsp3) is 0.400. The number of carbonyl (C=O) groups is 3. The summed E-state index contributed by atoms with van der Waals surface area (Å²) in [6, 6.07) is 4.22. The number of esters is 1. The van der Waals surface area contributed by atoms with Gasteiger partial charge in [-0.1, -0.05) is 12.1 Å². The number of aromatic amines is 1. The zero-order valence-corrected chi connectivity index (χ0v) is 21.0. The number of ether oxygens (including phenoxy) is 3. The summed E-state index contributed by atoms with van der Waals surface area (Å²) >= 11 is 0. The number of likely N-dealkylation sites (N-methyl/N-ethyl adjacent to an activating group) is 1. The number of aromatic nitrogens is 1. The van der Waals surface area contributed by atoms with E-state index in [1.807, 2.05) is 19.0 Å². The van der Waals surface area contributed by atoms with E-state index in [1.165, 1.54) is 26.2 Å². The molecule has 0 radical (unpaired) electrons. The van der Waals surface area contributed by atoms with Gasteiger partial charge in [0.25, 0.3) is 11.7 Å². The Morgan fingerprint density at radius 1 is 1.14 bits per heavy atom. The van der Waals surface area contributed by atoms with E-state index in [-0.39, 0.29) is 29.1 Å². The third kappa shape index (κ3) is 4.49. The number of aliphatic hydroxyl groups is 1. The molecule has 1 aromatic heterocycles. The number of nitrogens with zero attached hydrogens (tertiary/aromatic N) is 2. The molecule has 1 fully saturated rings. The molecular formula is C25H31N3O7. The van der Waals surface area contributed by atoms with Crippen LogP contribution in [0.1, 0.15) is 38.9 Å². The van der Waals surface area contributed by atoms with Crippen molar-refractivity contribution in [3.05, 3.63) is 51.9 Å². The van der Waals surface area contributed by atoms with Gasteiger partial charge in [-0.25, -0.2) is 4.79 Å². The first kappa shape index (κ1) is 25.8. The van der Waals surface area contributed by atoms with Crippen LogP contribution in [-0.4, -0.2) is 86.1 Å². The minimum absolute atomic E-state index is 0.0954. The molecule has 1 amide bonds. The number of methoxy groups -OCH3 is 3. The molecular weight excluding hydrogens is 454 g/mol. The van der Waals surface area contributed by atoms with Gasteiger partial charge in [0, 0.05) is 29.9 Å². The van der Waals surface area contributed by atoms with Gasteiger partial charge in [-0.05, 0) is 39.6 Å². The number of hydrogen-bond donors (Lipinski definition) is 2. The predicted octanol–water partition coefficient (Wildman–Crippen LogP) is 2.42. The number of aryl methyl sites for hydroxylation is 1. The molecule has 3 rings (SSSR count). The zero-order chi connectivity index (χ0) is 26.0. The van der Waals surface area contributed by atoms with Gasteiger partial charge >= 0.3 is 5.97 Å². The largest absolute Gasteiger partial charge is 0.507 e. The van der Waals surface area contributed by atoms with Crippen LogP contribution in [0.4, 0.5) is 0 Å². The second-order valence-corrected chi connectivity index (χ2v) is 8.50. The molecule has 10 nitrogen and oxygen atoms in total. The molecule has 35 heavy (non-hydrogen) atoms. The SMILES string of the molecule is COC(=O)c1[nH]c(C)c(/C(O)=C2\C(=O)C(=O)N(CCN(C)C)[C@@H]2c2cccc(OC)c2OC)c1C. The molecule has 0 saturated carbocycles. The number of likely N-dealkylation sites (tertiary alicyclic amines) is 1. The van der Waals surface area contributed by atoms with Crippen molar-refractivity contribution in [2.45, 2.75) is 19.9 Å². The summed E-state index contributed by atoms with van der Waals surface area (Å²) in [5, 5.41) is 11.5. The molecule has 1 aromatic carbocycles.